The predicted octanol–water partition coefficient (Wildman–Crippen LogP) is 5.64. The SMILES string of the molecule is O=C(CCSc1nc2ccc(Cl)cc2[nH]1)Nc1c(Cl)cccc1Cl. The van der Waals surface area contributed by atoms with Crippen LogP contribution in [0.4, 0.5) is 5.69 Å². The number of nitrogens with zero attached hydrogens (tertiary/aromatic N) is 1. The zero-order valence-corrected chi connectivity index (χ0v) is 15.4. The van der Waals surface area contributed by atoms with E-state index in [9.17, 15) is 4.79 Å². The van der Waals surface area contributed by atoms with Crippen molar-refractivity contribution in [2.45, 2.75) is 11.6 Å². The molecule has 0 atom stereocenters. The number of halogens is 3. The number of thioether (sulfide) groups is 1. The van der Waals surface area contributed by atoms with Crippen molar-refractivity contribution in [3.8, 4) is 0 Å². The molecule has 3 aromatic rings. The van der Waals surface area contributed by atoms with Crippen LogP contribution < -0.4 is 5.32 Å². The topological polar surface area (TPSA) is 57.8 Å². The smallest absolute Gasteiger partial charge is 0.225 e. The Bertz CT molecular complexity index is 877. The summed E-state index contributed by atoms with van der Waals surface area (Å²) in [5, 5.41) is 4.96. The first-order chi connectivity index (χ1) is 11.5. The van der Waals surface area contributed by atoms with Crippen molar-refractivity contribution in [2.24, 2.45) is 0 Å². The maximum Gasteiger partial charge on any atom is 0.225 e. The molecule has 1 aromatic heterocycles. The first kappa shape index (κ1) is 17.4. The molecular weight excluding hydrogens is 389 g/mol. The van der Waals surface area contributed by atoms with Gasteiger partial charge in [-0.3, -0.25) is 4.79 Å². The number of para-hydroxylation sites is 1. The molecule has 1 heterocycles. The van der Waals surface area contributed by atoms with E-state index >= 15 is 0 Å². The molecule has 0 unspecified atom stereocenters. The third-order valence-electron chi connectivity index (χ3n) is 3.22. The molecule has 0 aliphatic carbocycles. The van der Waals surface area contributed by atoms with E-state index in [0.29, 0.717) is 32.9 Å². The van der Waals surface area contributed by atoms with E-state index in [1.165, 1.54) is 11.8 Å². The van der Waals surface area contributed by atoms with Crippen LogP contribution in [-0.2, 0) is 4.79 Å². The van der Waals surface area contributed by atoms with Crippen LogP contribution in [0.2, 0.25) is 15.1 Å². The zero-order chi connectivity index (χ0) is 17.1. The van der Waals surface area contributed by atoms with Crippen LogP contribution in [0.5, 0.6) is 0 Å². The molecule has 0 bridgehead atoms. The lowest BCUT2D eigenvalue weighted by Gasteiger charge is -2.08. The van der Waals surface area contributed by atoms with Crippen molar-refractivity contribution in [2.75, 3.05) is 11.1 Å². The van der Waals surface area contributed by atoms with Gasteiger partial charge in [-0.05, 0) is 30.3 Å². The molecule has 24 heavy (non-hydrogen) atoms. The summed E-state index contributed by atoms with van der Waals surface area (Å²) in [4.78, 5) is 19.6. The van der Waals surface area contributed by atoms with Gasteiger partial charge in [-0.25, -0.2) is 4.98 Å². The van der Waals surface area contributed by atoms with Crippen LogP contribution in [-0.4, -0.2) is 21.6 Å². The van der Waals surface area contributed by atoms with Crippen LogP contribution in [0, 0.1) is 0 Å². The van der Waals surface area contributed by atoms with Crippen molar-refractivity contribution >= 4 is 69.2 Å². The maximum atomic E-state index is 12.0. The van der Waals surface area contributed by atoms with Gasteiger partial charge in [-0.2, -0.15) is 0 Å². The van der Waals surface area contributed by atoms with Gasteiger partial charge in [0.1, 0.15) is 0 Å². The first-order valence-electron chi connectivity index (χ1n) is 7.05. The molecule has 4 nitrogen and oxygen atoms in total. The largest absolute Gasteiger partial charge is 0.333 e. The lowest BCUT2D eigenvalue weighted by molar-refractivity contribution is -0.115. The molecule has 3 rings (SSSR count). The summed E-state index contributed by atoms with van der Waals surface area (Å²) in [6.07, 6.45) is 0.310. The normalized spacial score (nSPS) is 11.0. The first-order valence-corrected chi connectivity index (χ1v) is 9.17. The summed E-state index contributed by atoms with van der Waals surface area (Å²) in [6.45, 7) is 0. The number of carbonyl (C=O) groups excluding carboxylic acids is 1. The molecule has 0 aliphatic heterocycles. The van der Waals surface area contributed by atoms with E-state index in [4.69, 9.17) is 34.8 Å². The third-order valence-corrected chi connectivity index (χ3v) is 4.96. The standard InChI is InChI=1S/C16H12Cl3N3OS/c17-9-4-5-12-13(8-9)21-16(20-12)24-7-6-14(23)22-15-10(18)2-1-3-11(15)19/h1-5,8H,6-7H2,(H,20,21)(H,22,23). The monoisotopic (exact) mass is 399 g/mol. The van der Waals surface area contributed by atoms with Crippen LogP contribution >= 0.6 is 46.6 Å². The highest BCUT2D eigenvalue weighted by atomic mass is 35.5. The van der Waals surface area contributed by atoms with E-state index in [-0.39, 0.29) is 5.91 Å². The Balaban J connectivity index is 1.56. The molecule has 0 aliphatic rings. The Morgan fingerprint density at radius 1 is 1.17 bits per heavy atom. The van der Waals surface area contributed by atoms with Gasteiger partial charge in [0.15, 0.2) is 5.16 Å². The maximum absolute atomic E-state index is 12.0. The fraction of sp³-hybridized carbons (Fsp3) is 0.125. The highest BCUT2D eigenvalue weighted by molar-refractivity contribution is 7.99. The summed E-state index contributed by atoms with van der Waals surface area (Å²) in [5.74, 6) is 0.415. The van der Waals surface area contributed by atoms with Gasteiger partial charge >= 0.3 is 0 Å². The van der Waals surface area contributed by atoms with Gasteiger partial charge in [0.05, 0.1) is 26.8 Å². The van der Waals surface area contributed by atoms with E-state index in [1.54, 1.807) is 24.3 Å². The highest BCUT2D eigenvalue weighted by Crippen LogP contribution is 2.30. The van der Waals surface area contributed by atoms with E-state index in [2.05, 4.69) is 15.3 Å². The summed E-state index contributed by atoms with van der Waals surface area (Å²) in [7, 11) is 0. The number of aromatic nitrogens is 2. The molecule has 0 saturated carbocycles. The Morgan fingerprint density at radius 3 is 2.67 bits per heavy atom. The van der Waals surface area contributed by atoms with Gasteiger partial charge in [0.25, 0.3) is 0 Å². The lowest BCUT2D eigenvalue weighted by atomic mass is 10.3. The van der Waals surface area contributed by atoms with Crippen molar-refractivity contribution in [3.63, 3.8) is 0 Å². The van der Waals surface area contributed by atoms with Gasteiger partial charge in [0, 0.05) is 17.2 Å². The summed E-state index contributed by atoms with van der Waals surface area (Å²) in [6, 6.07) is 10.5. The minimum Gasteiger partial charge on any atom is -0.333 e. The van der Waals surface area contributed by atoms with Crippen molar-refractivity contribution in [1.82, 2.24) is 9.97 Å². The second-order valence-electron chi connectivity index (χ2n) is 4.95. The Labute approximate surface area is 157 Å². The number of H-pyrrole nitrogens is 1. The summed E-state index contributed by atoms with van der Waals surface area (Å²) < 4.78 is 0. The average molecular weight is 401 g/mol. The number of fused-ring (bicyclic) bond motifs is 1. The highest BCUT2D eigenvalue weighted by Gasteiger charge is 2.10. The Morgan fingerprint density at radius 2 is 1.92 bits per heavy atom. The van der Waals surface area contributed by atoms with E-state index < -0.39 is 0 Å². The van der Waals surface area contributed by atoms with Gasteiger partial charge in [0.2, 0.25) is 5.91 Å². The molecular formula is C16H12Cl3N3OS. The lowest BCUT2D eigenvalue weighted by Crippen LogP contribution is -2.12. The molecule has 0 fully saturated rings. The predicted molar refractivity (Wildman–Crippen MR) is 102 cm³/mol. The van der Waals surface area contributed by atoms with Crippen molar-refractivity contribution < 1.29 is 4.79 Å². The Hall–Kier alpha value is -1.40. The number of imidazole rings is 1. The molecule has 2 aromatic carbocycles. The second-order valence-corrected chi connectivity index (χ2v) is 7.28. The number of hydrogen-bond acceptors (Lipinski definition) is 3. The van der Waals surface area contributed by atoms with Crippen LogP contribution in [0.15, 0.2) is 41.6 Å². The fourth-order valence-corrected chi connectivity index (χ4v) is 3.58. The summed E-state index contributed by atoms with van der Waals surface area (Å²) in [5.41, 5.74) is 2.15. The molecule has 2 N–H and O–H groups in total. The summed E-state index contributed by atoms with van der Waals surface area (Å²) >= 11 is 19.5. The van der Waals surface area contributed by atoms with Crippen LogP contribution in [0.25, 0.3) is 11.0 Å². The number of rotatable bonds is 5. The minimum absolute atomic E-state index is 0.156. The molecule has 0 saturated heterocycles. The second kappa shape index (κ2) is 7.66. The van der Waals surface area contributed by atoms with Gasteiger partial charge in [-0.1, -0.05) is 52.6 Å². The molecule has 0 spiro atoms. The van der Waals surface area contributed by atoms with Crippen LogP contribution in [0.3, 0.4) is 0 Å². The number of anilines is 1. The van der Waals surface area contributed by atoms with E-state index in [0.717, 1.165) is 16.2 Å². The number of carbonyl (C=O) groups is 1. The molecule has 124 valence electrons. The average Bonchev–Trinajstić information content (AvgIpc) is 2.93. The van der Waals surface area contributed by atoms with Gasteiger partial charge < -0.3 is 10.3 Å². The zero-order valence-electron chi connectivity index (χ0n) is 12.3. The number of nitrogens with one attached hydrogen (secondary N) is 2. The number of benzene rings is 2. The van der Waals surface area contributed by atoms with Crippen molar-refractivity contribution in [3.05, 3.63) is 51.5 Å². The fourth-order valence-electron chi connectivity index (χ4n) is 2.09. The number of aromatic amines is 1. The Kier molecular flexibility index (Phi) is 5.56. The van der Waals surface area contributed by atoms with Crippen molar-refractivity contribution in [1.29, 1.82) is 0 Å². The molecule has 8 heteroatoms. The number of hydrogen-bond donors (Lipinski definition) is 2. The van der Waals surface area contributed by atoms with Gasteiger partial charge in [-0.15, -0.1) is 0 Å². The minimum atomic E-state index is -0.156. The number of amides is 1. The third kappa shape index (κ3) is 4.16. The molecule has 0 radical (unpaired) electrons. The van der Waals surface area contributed by atoms with Crippen LogP contribution in [0.1, 0.15) is 6.42 Å². The van der Waals surface area contributed by atoms with E-state index in [1.807, 2.05) is 12.1 Å². The molecule has 1 amide bonds. The quantitative estimate of drug-likeness (QED) is 0.545.